The van der Waals surface area contributed by atoms with Gasteiger partial charge in [0.2, 0.25) is 0 Å². The van der Waals surface area contributed by atoms with Gasteiger partial charge >= 0.3 is 0 Å². The van der Waals surface area contributed by atoms with E-state index in [-0.39, 0.29) is 11.5 Å². The van der Waals surface area contributed by atoms with E-state index < -0.39 is 6.04 Å². The number of nitrogens with one attached hydrogen (secondary N) is 1. The lowest BCUT2D eigenvalue weighted by Gasteiger charge is -2.18. The number of carbonyl (C=O) groups is 1. The number of hydrogen-bond acceptors (Lipinski definition) is 5. The Morgan fingerprint density at radius 3 is 2.90 bits per heavy atom. The Balaban J connectivity index is 1.55. The summed E-state index contributed by atoms with van der Waals surface area (Å²) >= 11 is 1.61. The van der Waals surface area contributed by atoms with Gasteiger partial charge in [0.1, 0.15) is 10.9 Å². The van der Waals surface area contributed by atoms with E-state index in [1.807, 2.05) is 31.2 Å². The van der Waals surface area contributed by atoms with Crippen molar-refractivity contribution in [3.8, 4) is 0 Å². The van der Waals surface area contributed by atoms with Gasteiger partial charge in [0.15, 0.2) is 0 Å². The molecule has 2 heterocycles. The van der Waals surface area contributed by atoms with E-state index in [2.05, 4.69) is 22.4 Å². The molecule has 150 valence electrons. The van der Waals surface area contributed by atoms with Crippen molar-refractivity contribution < 1.29 is 4.79 Å². The van der Waals surface area contributed by atoms with E-state index in [1.165, 1.54) is 15.8 Å². The van der Waals surface area contributed by atoms with Gasteiger partial charge in [-0.25, -0.2) is 10.4 Å². The minimum Gasteiger partial charge on any atom is -0.286 e. The first kappa shape index (κ1) is 19.5. The predicted octanol–water partition coefficient (Wildman–Crippen LogP) is 3.60. The smallest absolute Gasteiger partial charge is 0.263 e. The van der Waals surface area contributed by atoms with Crippen molar-refractivity contribution in [2.24, 2.45) is 11.0 Å². The van der Waals surface area contributed by atoms with Crippen LogP contribution in [0.2, 0.25) is 0 Å². The molecule has 6 nitrogen and oxygen atoms in total. The highest BCUT2D eigenvalue weighted by atomic mass is 32.1. The van der Waals surface area contributed by atoms with Gasteiger partial charge in [-0.2, -0.15) is 5.10 Å². The highest BCUT2D eigenvalue weighted by Crippen LogP contribution is 2.35. The molecule has 1 amide bonds. The fourth-order valence-electron chi connectivity index (χ4n) is 3.66. The number of nitrogens with zero attached hydrogens (tertiary/aromatic N) is 3. The number of carbonyl (C=O) groups excluding carboxylic acids is 1. The Bertz CT molecular complexity index is 1140. The lowest BCUT2D eigenvalue weighted by Crippen LogP contribution is -2.34. The average molecular weight is 409 g/mol. The van der Waals surface area contributed by atoms with Gasteiger partial charge in [-0.05, 0) is 50.2 Å². The van der Waals surface area contributed by atoms with Crippen LogP contribution in [0.3, 0.4) is 0 Å². The third-order valence-electron chi connectivity index (χ3n) is 5.50. The van der Waals surface area contributed by atoms with Crippen LogP contribution in [0.1, 0.15) is 47.9 Å². The molecular weight excluding hydrogens is 384 g/mol. The van der Waals surface area contributed by atoms with Gasteiger partial charge in [-0.15, -0.1) is 11.3 Å². The lowest BCUT2D eigenvalue weighted by atomic mass is 9.89. The highest BCUT2D eigenvalue weighted by Gasteiger charge is 2.25. The number of aryl methyl sites for hydroxylation is 2. The van der Waals surface area contributed by atoms with Gasteiger partial charge in [0, 0.05) is 4.88 Å². The van der Waals surface area contributed by atoms with Crippen LogP contribution in [0.4, 0.5) is 0 Å². The predicted molar refractivity (Wildman–Crippen MR) is 117 cm³/mol. The molecule has 4 rings (SSSR count). The van der Waals surface area contributed by atoms with Crippen molar-refractivity contribution in [1.82, 2.24) is 15.0 Å². The van der Waals surface area contributed by atoms with Gasteiger partial charge in [-0.1, -0.05) is 36.8 Å². The fraction of sp³-hybridized carbons (Fsp3) is 0.364. The zero-order chi connectivity index (χ0) is 20.5. The number of aromatic nitrogens is 2. The van der Waals surface area contributed by atoms with Crippen molar-refractivity contribution in [2.45, 2.75) is 46.1 Å². The summed E-state index contributed by atoms with van der Waals surface area (Å²) in [5.41, 5.74) is 5.56. The Morgan fingerprint density at radius 1 is 1.38 bits per heavy atom. The standard InChI is InChI=1S/C22H24N4O2S/c1-13-4-7-16(8-5-13)11-24-25-20(27)15(3)26-12-23-21-19(22(26)28)17-9-6-14(2)10-18(17)29-21/h4-5,7-8,11-12,14-15H,6,9-10H2,1-3H3,(H,25,27)/b24-11+/t14-,15-/m1/s1. The Morgan fingerprint density at radius 2 is 2.14 bits per heavy atom. The molecule has 0 saturated carbocycles. The first-order valence-electron chi connectivity index (χ1n) is 9.85. The molecule has 0 unspecified atom stereocenters. The van der Waals surface area contributed by atoms with Crippen LogP contribution in [-0.4, -0.2) is 21.7 Å². The van der Waals surface area contributed by atoms with E-state index in [4.69, 9.17) is 0 Å². The van der Waals surface area contributed by atoms with Crippen LogP contribution in [0.15, 0.2) is 40.5 Å². The van der Waals surface area contributed by atoms with Crippen molar-refractivity contribution in [1.29, 1.82) is 0 Å². The first-order chi connectivity index (χ1) is 13.9. The largest absolute Gasteiger partial charge is 0.286 e. The van der Waals surface area contributed by atoms with Crippen LogP contribution in [0.25, 0.3) is 10.2 Å². The number of hydrazone groups is 1. The molecule has 2 atom stereocenters. The molecule has 0 bridgehead atoms. The molecule has 2 aromatic heterocycles. The Labute approximate surface area is 173 Å². The van der Waals surface area contributed by atoms with E-state index >= 15 is 0 Å². The SMILES string of the molecule is Cc1ccc(/C=N/NC(=O)[C@@H](C)n2cnc3sc4c(c3c2=O)CC[C@@H](C)C4)cc1. The molecule has 1 aliphatic carbocycles. The summed E-state index contributed by atoms with van der Waals surface area (Å²) in [5, 5.41) is 4.70. The van der Waals surface area contributed by atoms with Crippen molar-refractivity contribution in [3.05, 3.63) is 62.5 Å². The summed E-state index contributed by atoms with van der Waals surface area (Å²) in [4.78, 5) is 32.2. The van der Waals surface area contributed by atoms with Gasteiger partial charge in [0.05, 0.1) is 17.9 Å². The summed E-state index contributed by atoms with van der Waals surface area (Å²) in [6.45, 7) is 5.94. The maximum Gasteiger partial charge on any atom is 0.263 e. The topological polar surface area (TPSA) is 76.3 Å². The molecule has 0 aliphatic heterocycles. The minimum atomic E-state index is -0.701. The Hall–Kier alpha value is -2.80. The second-order valence-electron chi connectivity index (χ2n) is 7.81. The summed E-state index contributed by atoms with van der Waals surface area (Å²) in [5.74, 6) is 0.281. The quantitative estimate of drug-likeness (QED) is 0.529. The van der Waals surface area contributed by atoms with Crippen molar-refractivity contribution >= 4 is 33.7 Å². The molecule has 3 aromatic rings. The number of amides is 1. The second kappa shape index (κ2) is 7.91. The summed E-state index contributed by atoms with van der Waals surface area (Å²) in [6.07, 6.45) is 6.05. The maximum absolute atomic E-state index is 13.1. The number of hydrogen-bond donors (Lipinski definition) is 1. The highest BCUT2D eigenvalue weighted by molar-refractivity contribution is 7.18. The fourth-order valence-corrected chi connectivity index (χ4v) is 5.00. The zero-order valence-corrected chi connectivity index (χ0v) is 17.6. The number of fused-ring (bicyclic) bond motifs is 3. The molecule has 0 saturated heterocycles. The third-order valence-corrected chi connectivity index (χ3v) is 6.67. The monoisotopic (exact) mass is 408 g/mol. The zero-order valence-electron chi connectivity index (χ0n) is 16.8. The second-order valence-corrected chi connectivity index (χ2v) is 8.89. The summed E-state index contributed by atoms with van der Waals surface area (Å²) < 4.78 is 1.41. The van der Waals surface area contributed by atoms with Crippen LogP contribution >= 0.6 is 11.3 Å². The van der Waals surface area contributed by atoms with Gasteiger partial charge in [-0.3, -0.25) is 14.2 Å². The van der Waals surface area contributed by atoms with Crippen LogP contribution in [-0.2, 0) is 17.6 Å². The third kappa shape index (κ3) is 3.87. The minimum absolute atomic E-state index is 0.146. The average Bonchev–Trinajstić information content (AvgIpc) is 3.07. The number of benzene rings is 1. The molecule has 0 radical (unpaired) electrons. The molecule has 1 N–H and O–H groups in total. The number of thiophene rings is 1. The van der Waals surface area contributed by atoms with E-state index in [0.29, 0.717) is 11.3 Å². The Kier molecular flexibility index (Phi) is 5.32. The molecule has 7 heteroatoms. The molecule has 1 aromatic carbocycles. The normalized spacial score (nSPS) is 17.4. The van der Waals surface area contributed by atoms with Crippen LogP contribution in [0.5, 0.6) is 0 Å². The van der Waals surface area contributed by atoms with Gasteiger partial charge in [0.25, 0.3) is 11.5 Å². The maximum atomic E-state index is 13.1. The molecule has 29 heavy (non-hydrogen) atoms. The van der Waals surface area contributed by atoms with E-state index in [9.17, 15) is 9.59 Å². The summed E-state index contributed by atoms with van der Waals surface area (Å²) in [6, 6.07) is 7.12. The number of rotatable bonds is 4. The molecule has 0 fully saturated rings. The van der Waals surface area contributed by atoms with Gasteiger partial charge < -0.3 is 0 Å². The summed E-state index contributed by atoms with van der Waals surface area (Å²) in [7, 11) is 0. The van der Waals surface area contributed by atoms with E-state index in [1.54, 1.807) is 24.5 Å². The van der Waals surface area contributed by atoms with Crippen molar-refractivity contribution in [3.63, 3.8) is 0 Å². The lowest BCUT2D eigenvalue weighted by molar-refractivity contribution is -0.123. The molecular formula is C22H24N4O2S. The van der Waals surface area contributed by atoms with Crippen LogP contribution < -0.4 is 11.0 Å². The molecule has 0 spiro atoms. The molecule has 1 aliphatic rings. The van der Waals surface area contributed by atoms with Crippen LogP contribution in [0, 0.1) is 12.8 Å². The van der Waals surface area contributed by atoms with Crippen molar-refractivity contribution in [2.75, 3.05) is 0 Å². The van der Waals surface area contributed by atoms with E-state index in [0.717, 1.165) is 40.8 Å². The first-order valence-corrected chi connectivity index (χ1v) is 10.7.